The lowest BCUT2D eigenvalue weighted by Gasteiger charge is -2.18. The highest BCUT2D eigenvalue weighted by atomic mass is 16.6. The van der Waals surface area contributed by atoms with Gasteiger partial charge in [-0.25, -0.2) is 5.90 Å². The van der Waals surface area contributed by atoms with Crippen molar-refractivity contribution in [2.45, 2.75) is 12.5 Å². The van der Waals surface area contributed by atoms with Crippen LogP contribution in [0.3, 0.4) is 0 Å². The van der Waals surface area contributed by atoms with Gasteiger partial charge in [-0.1, -0.05) is 0 Å². The highest BCUT2D eigenvalue weighted by molar-refractivity contribution is 4.75. The predicted octanol–water partition coefficient (Wildman–Crippen LogP) is -1.41. The van der Waals surface area contributed by atoms with Crippen molar-refractivity contribution in [2.75, 3.05) is 13.2 Å². The first-order valence-electron chi connectivity index (χ1n) is 2.34. The summed E-state index contributed by atoms with van der Waals surface area (Å²) in [6.07, 6.45) is 0. The van der Waals surface area contributed by atoms with Gasteiger partial charge in [0.2, 0.25) is 0 Å². The minimum atomic E-state index is -0.700. The molecule has 4 heteroatoms. The highest BCUT2D eigenvalue weighted by Gasteiger charge is 2.15. The van der Waals surface area contributed by atoms with Gasteiger partial charge in [0.1, 0.15) is 0 Å². The Bertz CT molecular complexity index is 65.1. The Balaban J connectivity index is 3.37. The van der Waals surface area contributed by atoms with Gasteiger partial charge in [-0.3, -0.25) is 0 Å². The first kappa shape index (κ1) is 7.84. The molecule has 0 aliphatic rings. The van der Waals surface area contributed by atoms with Gasteiger partial charge in [-0.2, -0.15) is 0 Å². The second kappa shape index (κ2) is 2.99. The van der Waals surface area contributed by atoms with E-state index in [4.69, 9.17) is 16.7 Å². The second-order valence-electron chi connectivity index (χ2n) is 2.12. The Morgan fingerprint density at radius 3 is 2.38 bits per heavy atom. The molecule has 0 aromatic rings. The van der Waals surface area contributed by atoms with Crippen molar-refractivity contribution in [3.8, 4) is 0 Å². The zero-order valence-corrected chi connectivity index (χ0v) is 4.92. The average Bonchev–Trinajstić information content (AvgIpc) is 1.67. The third-order valence-electron chi connectivity index (χ3n) is 0.774. The van der Waals surface area contributed by atoms with Crippen molar-refractivity contribution < 1.29 is 9.94 Å². The molecule has 8 heavy (non-hydrogen) atoms. The van der Waals surface area contributed by atoms with Gasteiger partial charge in [0.25, 0.3) is 0 Å². The molecular weight excluding hydrogens is 108 g/mol. The van der Waals surface area contributed by atoms with Crippen LogP contribution in [0.1, 0.15) is 6.92 Å². The zero-order valence-electron chi connectivity index (χ0n) is 4.92. The minimum absolute atomic E-state index is 0.121. The smallest absolute Gasteiger partial charge is 0.0878 e. The van der Waals surface area contributed by atoms with Crippen molar-refractivity contribution >= 4 is 0 Å². The average molecular weight is 120 g/mol. The van der Waals surface area contributed by atoms with Crippen LogP contribution in [0.2, 0.25) is 0 Å². The summed E-state index contributed by atoms with van der Waals surface area (Å²) >= 11 is 0. The molecule has 0 rings (SSSR count). The minimum Gasteiger partial charge on any atom is -0.394 e. The Labute approximate surface area is 48.4 Å². The molecular formula is C4H12N2O2. The van der Waals surface area contributed by atoms with E-state index in [1.165, 1.54) is 0 Å². The van der Waals surface area contributed by atoms with Gasteiger partial charge >= 0.3 is 0 Å². The molecule has 0 aliphatic heterocycles. The van der Waals surface area contributed by atoms with E-state index in [9.17, 15) is 0 Å². The van der Waals surface area contributed by atoms with E-state index in [1.807, 2.05) is 0 Å². The zero-order chi connectivity index (χ0) is 6.62. The van der Waals surface area contributed by atoms with Crippen LogP contribution in [0.15, 0.2) is 0 Å². The van der Waals surface area contributed by atoms with E-state index in [2.05, 4.69) is 4.84 Å². The number of nitrogens with two attached hydrogens (primary N) is 2. The summed E-state index contributed by atoms with van der Waals surface area (Å²) in [6.45, 7) is 1.70. The molecule has 0 amide bonds. The maximum absolute atomic E-state index is 8.46. The van der Waals surface area contributed by atoms with Crippen LogP contribution in [-0.4, -0.2) is 23.9 Å². The summed E-state index contributed by atoms with van der Waals surface area (Å²) in [7, 11) is 0. The first-order chi connectivity index (χ1) is 3.62. The number of hydrogen-bond acceptors (Lipinski definition) is 4. The topological polar surface area (TPSA) is 81.5 Å². The number of hydrogen-bond donors (Lipinski definition) is 3. The van der Waals surface area contributed by atoms with Crippen molar-refractivity contribution in [1.29, 1.82) is 0 Å². The second-order valence-corrected chi connectivity index (χ2v) is 2.12. The third-order valence-corrected chi connectivity index (χ3v) is 0.774. The number of rotatable bonds is 3. The molecule has 50 valence electrons. The first-order valence-corrected chi connectivity index (χ1v) is 2.34. The normalized spacial score (nSPS) is 18.0. The molecule has 0 aliphatic carbocycles. The summed E-state index contributed by atoms with van der Waals surface area (Å²) in [5.74, 6) is 4.70. The molecule has 0 heterocycles. The maximum atomic E-state index is 8.46. The largest absolute Gasteiger partial charge is 0.394 e. The predicted molar refractivity (Wildman–Crippen MR) is 29.8 cm³/mol. The monoisotopic (exact) mass is 120 g/mol. The van der Waals surface area contributed by atoms with Crippen LogP contribution in [0.4, 0.5) is 0 Å². The Morgan fingerprint density at radius 2 is 2.25 bits per heavy atom. The summed E-state index contributed by atoms with van der Waals surface area (Å²) in [6, 6.07) is 0. The molecule has 0 saturated carbocycles. The molecule has 5 N–H and O–H groups in total. The molecule has 1 unspecified atom stereocenters. The molecule has 1 atom stereocenters. The van der Waals surface area contributed by atoms with Crippen molar-refractivity contribution in [2.24, 2.45) is 11.6 Å². The summed E-state index contributed by atoms with van der Waals surface area (Å²) in [5, 5.41) is 8.46. The molecule has 0 radical (unpaired) electrons. The Morgan fingerprint density at radius 1 is 1.75 bits per heavy atom. The van der Waals surface area contributed by atoms with Crippen molar-refractivity contribution in [1.82, 2.24) is 0 Å². The summed E-state index contributed by atoms with van der Waals surface area (Å²) < 4.78 is 0. The number of aliphatic hydroxyl groups excluding tert-OH is 1. The van der Waals surface area contributed by atoms with Crippen LogP contribution < -0.4 is 11.6 Å². The van der Waals surface area contributed by atoms with E-state index >= 15 is 0 Å². The highest BCUT2D eigenvalue weighted by Crippen LogP contribution is 1.94. The van der Waals surface area contributed by atoms with E-state index in [-0.39, 0.29) is 13.2 Å². The summed E-state index contributed by atoms with van der Waals surface area (Å²) in [4.78, 5) is 4.21. The van der Waals surface area contributed by atoms with Crippen LogP contribution >= 0.6 is 0 Å². The van der Waals surface area contributed by atoms with Gasteiger partial charge < -0.3 is 15.7 Å². The fourth-order valence-corrected chi connectivity index (χ4v) is 0.236. The van der Waals surface area contributed by atoms with Crippen molar-refractivity contribution in [3.63, 3.8) is 0 Å². The Kier molecular flexibility index (Phi) is 2.93. The lowest BCUT2D eigenvalue weighted by Crippen LogP contribution is -2.45. The van der Waals surface area contributed by atoms with E-state index in [0.717, 1.165) is 0 Å². The third kappa shape index (κ3) is 2.92. The molecule has 0 fully saturated rings. The fourth-order valence-electron chi connectivity index (χ4n) is 0.236. The van der Waals surface area contributed by atoms with Gasteiger partial charge in [0.05, 0.1) is 18.8 Å². The van der Waals surface area contributed by atoms with Crippen LogP contribution in [-0.2, 0) is 4.84 Å². The van der Waals surface area contributed by atoms with Crippen LogP contribution in [0, 0.1) is 0 Å². The van der Waals surface area contributed by atoms with Crippen LogP contribution in [0.25, 0.3) is 0 Å². The van der Waals surface area contributed by atoms with Gasteiger partial charge in [0.15, 0.2) is 0 Å². The molecule has 0 aromatic carbocycles. The maximum Gasteiger partial charge on any atom is 0.0878 e. The fraction of sp³-hybridized carbons (Fsp3) is 1.00. The van der Waals surface area contributed by atoms with E-state index in [0.29, 0.717) is 0 Å². The van der Waals surface area contributed by atoms with Crippen molar-refractivity contribution in [3.05, 3.63) is 0 Å². The molecule has 0 saturated heterocycles. The van der Waals surface area contributed by atoms with Gasteiger partial charge in [-0.05, 0) is 6.92 Å². The molecule has 0 aromatic heterocycles. The SMILES string of the molecule is CC(N)(CO)CON. The number of aliphatic hydroxyl groups is 1. The van der Waals surface area contributed by atoms with Gasteiger partial charge in [-0.15, -0.1) is 0 Å². The van der Waals surface area contributed by atoms with Gasteiger partial charge in [0, 0.05) is 0 Å². The molecule has 4 nitrogen and oxygen atoms in total. The van der Waals surface area contributed by atoms with E-state index in [1.54, 1.807) is 6.92 Å². The quantitative estimate of drug-likeness (QED) is 0.399. The lowest BCUT2D eigenvalue weighted by atomic mass is 10.1. The Hall–Kier alpha value is -0.160. The van der Waals surface area contributed by atoms with E-state index < -0.39 is 5.54 Å². The molecule has 0 spiro atoms. The van der Waals surface area contributed by atoms with Crippen LogP contribution in [0.5, 0.6) is 0 Å². The molecule has 0 bridgehead atoms. The summed E-state index contributed by atoms with van der Waals surface area (Å²) in [5.41, 5.74) is 4.67. The lowest BCUT2D eigenvalue weighted by molar-refractivity contribution is 0.0634. The standard InChI is InChI=1S/C4H12N2O2/c1-4(5,2-7)3-8-6/h7H,2-3,5-6H2,1H3.